The fourth-order valence-electron chi connectivity index (χ4n) is 2.73. The molecule has 2 aromatic rings. The van der Waals surface area contributed by atoms with Gasteiger partial charge in [0.25, 0.3) is 5.91 Å². The van der Waals surface area contributed by atoms with Crippen LogP contribution in [0.5, 0.6) is 23.0 Å². The Hall–Kier alpha value is -3.04. The molecular weight excluding hydrogens is 473 g/mol. The smallest absolute Gasteiger partial charge is 0.258 e. The molecule has 0 aliphatic rings. The van der Waals surface area contributed by atoms with Gasteiger partial charge in [0, 0.05) is 30.0 Å². The fourth-order valence-corrected chi connectivity index (χ4v) is 3.21. The lowest BCUT2D eigenvalue weighted by molar-refractivity contribution is -0.126. The highest BCUT2D eigenvalue weighted by Gasteiger charge is 2.24. The third kappa shape index (κ3) is 6.72. The van der Waals surface area contributed by atoms with Gasteiger partial charge in [-0.15, -0.1) is 0 Å². The molecule has 0 aliphatic carbocycles. The third-order valence-electron chi connectivity index (χ3n) is 4.23. The highest BCUT2D eigenvalue weighted by Crippen LogP contribution is 2.39. The van der Waals surface area contributed by atoms with Gasteiger partial charge in [-0.25, -0.2) is 0 Å². The third-order valence-corrected chi connectivity index (χ3v) is 4.97. The number of benzene rings is 2. The summed E-state index contributed by atoms with van der Waals surface area (Å²) in [7, 11) is 2.87. The van der Waals surface area contributed by atoms with E-state index in [4.69, 9.17) is 42.1 Å². The normalized spacial score (nSPS) is 11.7. The van der Waals surface area contributed by atoms with E-state index in [1.165, 1.54) is 45.4 Å². The molecule has 0 bridgehead atoms. The van der Waals surface area contributed by atoms with Crippen LogP contribution in [-0.4, -0.2) is 45.2 Å². The number of carbonyl (C=O) groups is 2. The van der Waals surface area contributed by atoms with Crippen molar-refractivity contribution in [2.75, 3.05) is 32.8 Å². The topological polar surface area (TPSA) is 108 Å². The van der Waals surface area contributed by atoms with Crippen molar-refractivity contribution in [3.8, 4) is 23.0 Å². The lowest BCUT2D eigenvalue weighted by Crippen LogP contribution is -2.31. The molecule has 0 aromatic heterocycles. The molecule has 1 atom stereocenters. The number of ketones is 1. The Balaban J connectivity index is 2.32. The number of anilines is 1. The van der Waals surface area contributed by atoms with Gasteiger partial charge in [0.1, 0.15) is 33.0 Å². The number of methoxy groups -OCH3 is 2. The second-order valence-electron chi connectivity index (χ2n) is 6.53. The van der Waals surface area contributed by atoms with E-state index >= 15 is 0 Å². The molecule has 11 heteroatoms. The molecule has 1 unspecified atom stereocenters. The number of rotatable bonds is 11. The first kappa shape index (κ1) is 26.2. The number of nitrogens with one attached hydrogen (secondary N) is 1. The van der Waals surface area contributed by atoms with E-state index in [1.807, 2.05) is 0 Å². The lowest BCUT2D eigenvalue weighted by Gasteiger charge is -2.15. The van der Waals surface area contributed by atoms with Crippen molar-refractivity contribution >= 4 is 46.3 Å². The monoisotopic (exact) mass is 497 g/mol. The van der Waals surface area contributed by atoms with Gasteiger partial charge in [-0.1, -0.05) is 23.2 Å². The Bertz CT molecular complexity index is 993. The van der Waals surface area contributed by atoms with Crippen molar-refractivity contribution in [2.24, 2.45) is 10.2 Å². The number of halogens is 2. The molecule has 0 radical (unpaired) electrons. The minimum Gasteiger partial charge on any atom is -0.495 e. The minimum absolute atomic E-state index is 0.262. The Morgan fingerprint density at radius 3 is 1.82 bits per heavy atom. The predicted molar refractivity (Wildman–Crippen MR) is 126 cm³/mol. The number of nitrogens with zero attached hydrogens (tertiary/aromatic N) is 2. The summed E-state index contributed by atoms with van der Waals surface area (Å²) in [5.41, 5.74) is 0.614. The van der Waals surface area contributed by atoms with Crippen LogP contribution in [0.4, 0.5) is 11.4 Å². The number of hydrogen-bond donors (Lipinski definition) is 1. The van der Waals surface area contributed by atoms with E-state index in [-0.39, 0.29) is 15.7 Å². The molecule has 0 aliphatic heterocycles. The minimum atomic E-state index is -1.40. The number of Topliss-reactive ketones (excluding diaryl/α,β-unsaturated/α-hetero) is 1. The summed E-state index contributed by atoms with van der Waals surface area (Å²) in [6.07, 6.45) is 0. The van der Waals surface area contributed by atoms with Crippen LogP contribution in [-0.2, 0) is 9.59 Å². The summed E-state index contributed by atoms with van der Waals surface area (Å²) in [6, 6.07) is 4.68. The molecule has 0 spiro atoms. The largest absolute Gasteiger partial charge is 0.495 e. The zero-order valence-electron chi connectivity index (χ0n) is 18.9. The van der Waals surface area contributed by atoms with Crippen LogP contribution in [0.15, 0.2) is 34.5 Å². The molecular formula is C22H25Cl2N3O6. The van der Waals surface area contributed by atoms with Crippen molar-refractivity contribution < 1.29 is 28.5 Å². The van der Waals surface area contributed by atoms with Gasteiger partial charge in [-0.3, -0.25) is 9.59 Å². The van der Waals surface area contributed by atoms with Crippen molar-refractivity contribution in [2.45, 2.75) is 26.8 Å². The van der Waals surface area contributed by atoms with E-state index in [9.17, 15) is 9.59 Å². The van der Waals surface area contributed by atoms with Gasteiger partial charge >= 0.3 is 0 Å². The predicted octanol–water partition coefficient (Wildman–Crippen LogP) is 5.49. The molecule has 2 rings (SSSR count). The molecule has 1 amide bonds. The molecule has 1 N–H and O–H groups in total. The lowest BCUT2D eigenvalue weighted by atomic mass is 10.2. The van der Waals surface area contributed by atoms with Crippen molar-refractivity contribution in [3.05, 3.63) is 34.3 Å². The van der Waals surface area contributed by atoms with E-state index in [1.54, 1.807) is 13.8 Å². The first-order chi connectivity index (χ1) is 15.7. The van der Waals surface area contributed by atoms with Gasteiger partial charge in [0.15, 0.2) is 5.78 Å². The Morgan fingerprint density at radius 1 is 0.909 bits per heavy atom. The summed E-state index contributed by atoms with van der Waals surface area (Å²) in [4.78, 5) is 25.0. The second-order valence-corrected chi connectivity index (χ2v) is 7.29. The molecule has 0 saturated heterocycles. The van der Waals surface area contributed by atoms with Gasteiger partial charge in [-0.2, -0.15) is 10.2 Å². The maximum absolute atomic E-state index is 12.8. The van der Waals surface area contributed by atoms with Crippen LogP contribution in [0.3, 0.4) is 0 Å². The molecule has 178 valence electrons. The summed E-state index contributed by atoms with van der Waals surface area (Å²) < 4.78 is 21.4. The molecule has 0 fully saturated rings. The maximum atomic E-state index is 12.8. The molecule has 0 heterocycles. The summed E-state index contributed by atoms with van der Waals surface area (Å²) in [5.74, 6) is 0.0896. The second kappa shape index (κ2) is 12.3. The van der Waals surface area contributed by atoms with Crippen molar-refractivity contribution in [1.82, 2.24) is 0 Å². The SMILES string of the molecule is CCOc1cc(NC(=O)C(N=Nc2cc(OC)c(Cl)c(OC)c2)C(C)=O)cc(OCC)c1Cl. The zero-order valence-corrected chi connectivity index (χ0v) is 20.4. The average Bonchev–Trinajstić information content (AvgIpc) is 2.77. The first-order valence-corrected chi connectivity index (χ1v) is 10.7. The van der Waals surface area contributed by atoms with Gasteiger partial charge in [-0.05, 0) is 20.8 Å². The Labute approximate surface area is 202 Å². The molecule has 0 saturated carbocycles. The van der Waals surface area contributed by atoms with Crippen LogP contribution in [0.25, 0.3) is 0 Å². The number of azo groups is 1. The zero-order chi connectivity index (χ0) is 24.5. The van der Waals surface area contributed by atoms with Crippen LogP contribution < -0.4 is 24.3 Å². The highest BCUT2D eigenvalue weighted by molar-refractivity contribution is 6.34. The fraction of sp³-hybridized carbons (Fsp3) is 0.364. The van der Waals surface area contributed by atoms with Gasteiger partial charge in [0.2, 0.25) is 6.04 Å². The average molecular weight is 498 g/mol. The van der Waals surface area contributed by atoms with E-state index in [0.29, 0.717) is 41.9 Å². The van der Waals surface area contributed by atoms with Crippen LogP contribution in [0, 0.1) is 0 Å². The molecule has 9 nitrogen and oxygen atoms in total. The van der Waals surface area contributed by atoms with Crippen LogP contribution >= 0.6 is 23.2 Å². The van der Waals surface area contributed by atoms with Crippen LogP contribution in [0.1, 0.15) is 20.8 Å². The van der Waals surface area contributed by atoms with Crippen LogP contribution in [0.2, 0.25) is 10.0 Å². The van der Waals surface area contributed by atoms with Crippen molar-refractivity contribution in [3.63, 3.8) is 0 Å². The number of carbonyl (C=O) groups excluding carboxylic acids is 2. The van der Waals surface area contributed by atoms with E-state index in [0.717, 1.165) is 0 Å². The summed E-state index contributed by atoms with van der Waals surface area (Å²) in [5, 5.41) is 11.1. The summed E-state index contributed by atoms with van der Waals surface area (Å²) in [6.45, 7) is 5.57. The maximum Gasteiger partial charge on any atom is 0.258 e. The number of ether oxygens (including phenoxy) is 4. The number of hydrogen-bond acceptors (Lipinski definition) is 8. The quantitative estimate of drug-likeness (QED) is 0.324. The highest BCUT2D eigenvalue weighted by atomic mass is 35.5. The molecule has 33 heavy (non-hydrogen) atoms. The van der Waals surface area contributed by atoms with Gasteiger partial charge < -0.3 is 24.3 Å². The first-order valence-electron chi connectivity index (χ1n) is 9.98. The number of amides is 1. The van der Waals surface area contributed by atoms with E-state index < -0.39 is 17.7 Å². The Kier molecular flexibility index (Phi) is 9.74. The Morgan fingerprint density at radius 2 is 1.39 bits per heavy atom. The van der Waals surface area contributed by atoms with Crippen molar-refractivity contribution in [1.29, 1.82) is 0 Å². The molecule has 2 aromatic carbocycles. The van der Waals surface area contributed by atoms with E-state index in [2.05, 4.69) is 15.5 Å². The van der Waals surface area contributed by atoms with Gasteiger partial charge in [0.05, 0.1) is 33.1 Å². The summed E-state index contributed by atoms with van der Waals surface area (Å²) >= 11 is 12.4. The standard InChI is InChI=1S/C22H25Cl2N3O6/c1-6-32-17-8-13(9-18(20(17)24)33-7-2)25-22(29)21(12(3)28)27-26-14-10-15(30-4)19(23)16(11-14)31-5/h8-11,21H,6-7H2,1-5H3,(H,25,29).